The van der Waals surface area contributed by atoms with Gasteiger partial charge in [-0.15, -0.1) is 0 Å². The maximum absolute atomic E-state index is 12.1. The van der Waals surface area contributed by atoms with E-state index in [0.717, 1.165) is 0 Å². The van der Waals surface area contributed by atoms with Gasteiger partial charge in [-0.3, -0.25) is 9.36 Å². The van der Waals surface area contributed by atoms with E-state index in [-0.39, 0.29) is 34.4 Å². The van der Waals surface area contributed by atoms with Gasteiger partial charge >= 0.3 is 0 Å². The number of imidazole rings is 1. The van der Waals surface area contributed by atoms with Crippen LogP contribution in [0.3, 0.4) is 0 Å². The monoisotopic (exact) mass is 482 g/mol. The van der Waals surface area contributed by atoms with Crippen molar-refractivity contribution in [3.05, 3.63) is 12.0 Å². The molecule has 0 saturated carbocycles. The first-order valence-electron chi connectivity index (χ1n) is 11.6. The first-order chi connectivity index (χ1) is 14.5. The zero-order valence-corrected chi connectivity index (χ0v) is 23.5. The van der Waals surface area contributed by atoms with Gasteiger partial charge in [0.2, 0.25) is 0 Å². The summed E-state index contributed by atoms with van der Waals surface area (Å²) in [5.74, 6) is 0.540. The van der Waals surface area contributed by atoms with Crippen molar-refractivity contribution in [1.29, 1.82) is 0 Å². The van der Waals surface area contributed by atoms with Crippen LogP contribution in [0.25, 0.3) is 0 Å². The van der Waals surface area contributed by atoms with Crippen LogP contribution in [-0.4, -0.2) is 57.6 Å². The largest absolute Gasteiger partial charge is 0.414 e. The number of anilines is 1. The molecule has 3 rings (SSSR count). The summed E-state index contributed by atoms with van der Waals surface area (Å²) in [7, 11) is -3.93. The molecular formula is C22H42N4O4Si2. The second-order valence-electron chi connectivity index (χ2n) is 12.1. The molecule has 2 aliphatic heterocycles. The number of carbonyl (C=O) groups excluding carboxylic acids is 1. The molecule has 3 heterocycles. The molecule has 2 N–H and O–H groups in total. The van der Waals surface area contributed by atoms with Crippen LogP contribution in [0.2, 0.25) is 36.3 Å². The fraction of sp³-hybridized carbons (Fsp3) is 0.818. The summed E-state index contributed by atoms with van der Waals surface area (Å²) >= 11 is 0. The topological polar surface area (TPSA) is 86.6 Å². The van der Waals surface area contributed by atoms with E-state index in [4.69, 9.17) is 13.6 Å². The molecule has 8 nitrogen and oxygen atoms in total. The first kappa shape index (κ1) is 25.4. The lowest BCUT2D eigenvalue weighted by atomic mass is 10.2. The van der Waals surface area contributed by atoms with Crippen molar-refractivity contribution in [2.45, 2.75) is 103 Å². The summed E-state index contributed by atoms with van der Waals surface area (Å²) in [5.41, 5.74) is 0.405. The summed E-state index contributed by atoms with van der Waals surface area (Å²) in [6.07, 6.45) is 1.89. The highest BCUT2D eigenvalue weighted by Crippen LogP contribution is 2.43. The lowest BCUT2D eigenvalue weighted by molar-refractivity contribution is -0.0389. The fourth-order valence-electron chi connectivity index (χ4n) is 3.42. The lowest BCUT2D eigenvalue weighted by Crippen LogP contribution is -2.48. The fourth-order valence-corrected chi connectivity index (χ4v) is 5.79. The van der Waals surface area contributed by atoms with E-state index in [9.17, 15) is 4.79 Å². The van der Waals surface area contributed by atoms with Crippen LogP contribution >= 0.6 is 0 Å². The second-order valence-corrected chi connectivity index (χ2v) is 21.6. The number of carbonyl (C=O) groups is 1. The number of rotatable bonds is 6. The Morgan fingerprint density at radius 1 is 1.09 bits per heavy atom. The van der Waals surface area contributed by atoms with Gasteiger partial charge in [0, 0.05) is 6.42 Å². The molecule has 1 aromatic rings. The van der Waals surface area contributed by atoms with Crippen molar-refractivity contribution in [3.63, 3.8) is 0 Å². The smallest absolute Gasteiger partial charge is 0.275 e. The highest BCUT2D eigenvalue weighted by Gasteiger charge is 2.47. The number of nitrogens with one attached hydrogen (secondary N) is 2. The molecule has 2 aliphatic rings. The Kier molecular flexibility index (Phi) is 6.78. The van der Waals surface area contributed by atoms with Crippen LogP contribution in [0, 0.1) is 0 Å². The minimum absolute atomic E-state index is 0.0684. The summed E-state index contributed by atoms with van der Waals surface area (Å²) in [6, 6.07) is 0. The highest BCUT2D eigenvalue weighted by molar-refractivity contribution is 6.74. The van der Waals surface area contributed by atoms with E-state index in [2.05, 4.69) is 83.3 Å². The molecule has 182 valence electrons. The molecular weight excluding hydrogens is 440 g/mol. The molecule has 0 aromatic carbocycles. The van der Waals surface area contributed by atoms with Crippen LogP contribution in [0.1, 0.15) is 64.7 Å². The number of fused-ring (bicyclic) bond motifs is 1. The van der Waals surface area contributed by atoms with E-state index in [0.29, 0.717) is 31.2 Å². The molecule has 0 unspecified atom stereocenters. The number of hydrogen-bond donors (Lipinski definition) is 2. The van der Waals surface area contributed by atoms with Gasteiger partial charge in [0.1, 0.15) is 18.1 Å². The summed E-state index contributed by atoms with van der Waals surface area (Å²) in [5, 5.41) is 6.21. The third-order valence-electron chi connectivity index (χ3n) is 7.67. The Balaban J connectivity index is 1.83. The van der Waals surface area contributed by atoms with E-state index < -0.39 is 16.6 Å². The predicted octanol–water partition coefficient (Wildman–Crippen LogP) is 4.70. The molecule has 3 atom stereocenters. The van der Waals surface area contributed by atoms with Crippen molar-refractivity contribution in [2.75, 3.05) is 18.6 Å². The van der Waals surface area contributed by atoms with Gasteiger partial charge in [-0.25, -0.2) is 4.98 Å². The third kappa shape index (κ3) is 4.99. The van der Waals surface area contributed by atoms with Crippen molar-refractivity contribution >= 4 is 28.4 Å². The maximum atomic E-state index is 12.1. The zero-order valence-electron chi connectivity index (χ0n) is 21.5. The van der Waals surface area contributed by atoms with Crippen molar-refractivity contribution in [3.8, 4) is 0 Å². The molecule has 1 aromatic heterocycles. The van der Waals surface area contributed by atoms with Crippen LogP contribution in [0.4, 0.5) is 5.82 Å². The molecule has 0 aliphatic carbocycles. The Hall–Kier alpha value is -1.21. The predicted molar refractivity (Wildman–Crippen MR) is 132 cm³/mol. The second kappa shape index (κ2) is 8.54. The average molecular weight is 483 g/mol. The van der Waals surface area contributed by atoms with E-state index >= 15 is 0 Å². The number of nitrogens with zero attached hydrogens (tertiary/aromatic N) is 2. The third-order valence-corrected chi connectivity index (χ3v) is 16.7. The zero-order chi connectivity index (χ0) is 24.1. The van der Waals surface area contributed by atoms with Gasteiger partial charge in [-0.1, -0.05) is 41.5 Å². The van der Waals surface area contributed by atoms with Gasteiger partial charge in [0.05, 0.1) is 25.7 Å². The van der Waals surface area contributed by atoms with Gasteiger partial charge in [0.15, 0.2) is 22.3 Å². The molecule has 0 spiro atoms. The normalized spacial score (nSPS) is 24.8. The van der Waals surface area contributed by atoms with Crippen molar-refractivity contribution in [2.24, 2.45) is 0 Å². The molecule has 0 radical (unpaired) electrons. The SMILES string of the molecule is CC(C)(C)[Si](C)(C)OC[C@H]1O[C@@H](n2cnc3c2NCNC3=O)C[C@@H]1O[Si](C)(C)C(C)(C)C. The molecule has 32 heavy (non-hydrogen) atoms. The molecule has 1 saturated heterocycles. The molecule has 10 heteroatoms. The van der Waals surface area contributed by atoms with Crippen LogP contribution in [-0.2, 0) is 13.6 Å². The molecule has 1 amide bonds. The minimum atomic E-state index is -2.01. The van der Waals surface area contributed by atoms with Crippen LogP contribution < -0.4 is 10.6 Å². The quantitative estimate of drug-likeness (QED) is 0.572. The van der Waals surface area contributed by atoms with Gasteiger partial charge < -0.3 is 24.2 Å². The van der Waals surface area contributed by atoms with Crippen LogP contribution in [0.15, 0.2) is 6.33 Å². The Morgan fingerprint density at radius 2 is 1.72 bits per heavy atom. The lowest BCUT2D eigenvalue weighted by Gasteiger charge is -2.40. The number of hydrogen-bond acceptors (Lipinski definition) is 6. The van der Waals surface area contributed by atoms with Crippen molar-refractivity contribution < 1.29 is 18.4 Å². The Morgan fingerprint density at radius 3 is 2.31 bits per heavy atom. The standard InChI is InChI=1S/C22H42N4O4Si2/c1-21(2,3)31(7,8)28-12-16-15(30-32(9,10)22(4,5)6)11-17(29-16)26-14-25-18-19(26)23-13-24-20(18)27/h14-17,23H,11-13H2,1-10H3,(H,24,27)/t15-,16+,17+/m0/s1. The van der Waals surface area contributed by atoms with Gasteiger partial charge in [0.25, 0.3) is 5.91 Å². The first-order valence-corrected chi connectivity index (χ1v) is 17.4. The van der Waals surface area contributed by atoms with Gasteiger partial charge in [-0.05, 0) is 36.3 Å². The van der Waals surface area contributed by atoms with Gasteiger partial charge in [-0.2, -0.15) is 0 Å². The maximum Gasteiger partial charge on any atom is 0.275 e. The van der Waals surface area contributed by atoms with E-state index in [1.54, 1.807) is 6.33 Å². The Labute approximate surface area is 195 Å². The summed E-state index contributed by atoms with van der Waals surface area (Å²) in [6.45, 7) is 23.5. The number of amides is 1. The highest BCUT2D eigenvalue weighted by atomic mass is 28.4. The molecule has 1 fully saturated rings. The number of aromatic nitrogens is 2. The van der Waals surface area contributed by atoms with E-state index in [1.165, 1.54) is 0 Å². The summed E-state index contributed by atoms with van der Waals surface area (Å²) in [4.78, 5) is 16.5. The molecule has 0 bridgehead atoms. The average Bonchev–Trinajstić information content (AvgIpc) is 3.22. The van der Waals surface area contributed by atoms with Crippen LogP contribution in [0.5, 0.6) is 0 Å². The minimum Gasteiger partial charge on any atom is -0.414 e. The van der Waals surface area contributed by atoms with E-state index in [1.807, 2.05) is 4.57 Å². The summed E-state index contributed by atoms with van der Waals surface area (Å²) < 4.78 is 21.8. The van der Waals surface area contributed by atoms with Crippen molar-refractivity contribution in [1.82, 2.24) is 14.9 Å². The number of ether oxygens (including phenoxy) is 1. The Bertz CT molecular complexity index is 842.